The van der Waals surface area contributed by atoms with Crippen LogP contribution in [0.3, 0.4) is 0 Å². The van der Waals surface area contributed by atoms with Crippen LogP contribution < -0.4 is 26.6 Å². The number of rotatable bonds is 20. The highest BCUT2D eigenvalue weighted by molar-refractivity contribution is 7.78. The highest BCUT2D eigenvalue weighted by Crippen LogP contribution is 2.62. The third-order valence-electron chi connectivity index (χ3n) is 26.0. The third kappa shape index (κ3) is 28.5. The SMILES string of the molecule is O=C(Nc1ccccc1)P(C1CCCCC1)C1CCCCC1.O=C(Nc1ccccc1)P(C1CCCCC1)C1CCCCC1.O=C(Nc1ccccc1)P(C1CCCCC1)C1CCCCC1.O=C(Nc1ccccc1)P(C1CCCCC1)C1CCCCC1.O=C(Nc1ccccc1)P(C1CCCCC1)C1CCCCC1. The van der Waals surface area contributed by atoms with E-state index in [4.69, 9.17) is 0 Å². The van der Waals surface area contributed by atoms with Crippen molar-refractivity contribution in [1.29, 1.82) is 0 Å². The third-order valence-corrected chi connectivity index (χ3v) is 41.9. The summed E-state index contributed by atoms with van der Waals surface area (Å²) in [5.41, 5.74) is 13.3. The van der Waals surface area contributed by atoms with Crippen molar-refractivity contribution in [2.24, 2.45) is 0 Å². The molecule has 0 bridgehead atoms. The van der Waals surface area contributed by atoms with Crippen molar-refractivity contribution in [1.82, 2.24) is 0 Å². The Morgan fingerprint density at radius 2 is 0.264 bits per heavy atom. The molecular weight excluding hydrogens is 1450 g/mol. The fourth-order valence-corrected chi connectivity index (χ4v) is 37.1. The molecule has 5 aromatic rings. The van der Waals surface area contributed by atoms with Crippen molar-refractivity contribution in [3.05, 3.63) is 152 Å². The number of nitrogens with one attached hydrogen (secondary N) is 5. The van der Waals surface area contributed by atoms with Crippen molar-refractivity contribution < 1.29 is 24.0 Å². The van der Waals surface area contributed by atoms with Crippen molar-refractivity contribution in [2.75, 3.05) is 26.6 Å². The lowest BCUT2D eigenvalue weighted by molar-refractivity contribution is 0.267. The normalized spacial score (nSPS) is 21.0. The van der Waals surface area contributed by atoms with Gasteiger partial charge in [-0.1, -0.05) is 284 Å². The Hall–Kier alpha value is -4.40. The van der Waals surface area contributed by atoms with Crippen LogP contribution in [0.2, 0.25) is 0 Å². The molecule has 10 fully saturated rings. The van der Waals surface area contributed by atoms with Crippen LogP contribution in [0, 0.1) is 0 Å². The predicted octanol–water partition coefficient (Wildman–Crippen LogP) is 31.8. The molecule has 0 spiro atoms. The lowest BCUT2D eigenvalue weighted by atomic mass is 9.99. The Labute approximate surface area is 671 Å². The Morgan fingerprint density at radius 1 is 0.164 bits per heavy atom. The number of anilines is 5. The largest absolute Gasteiger partial charge is 0.322 e. The van der Waals surface area contributed by atoms with E-state index in [0.29, 0.717) is 84.8 Å². The molecular formula is C95H140N5O5P5. The predicted molar refractivity (Wildman–Crippen MR) is 481 cm³/mol. The maximum Gasteiger partial charge on any atom is 0.245 e. The summed E-state index contributed by atoms with van der Waals surface area (Å²) in [6.07, 6.45) is 65.9. The van der Waals surface area contributed by atoms with Crippen molar-refractivity contribution in [2.45, 2.75) is 378 Å². The van der Waals surface area contributed by atoms with E-state index in [2.05, 4.69) is 26.6 Å². The summed E-state index contributed by atoms with van der Waals surface area (Å²) < 4.78 is 0. The standard InChI is InChI=1S/5C19H28NOP/c5*21-19(20-16-10-4-1-5-11-16)22(17-12-6-2-7-13-17)18-14-8-3-9-15-18/h5*1,4-5,10-11,17-18H,2-3,6-9,12-15H2,(H,20,21). The van der Waals surface area contributed by atoms with Crippen LogP contribution >= 0.6 is 39.6 Å². The van der Waals surface area contributed by atoms with Gasteiger partial charge < -0.3 is 26.6 Å². The summed E-state index contributed by atoms with van der Waals surface area (Å²) in [7, 11) is -2.66. The van der Waals surface area contributed by atoms with Crippen LogP contribution in [-0.4, -0.2) is 84.8 Å². The van der Waals surface area contributed by atoms with Gasteiger partial charge in [0.05, 0.1) is 0 Å². The van der Waals surface area contributed by atoms with Gasteiger partial charge in [-0.25, -0.2) is 0 Å². The Morgan fingerprint density at radius 3 is 0.364 bits per heavy atom. The van der Waals surface area contributed by atoms with Crippen molar-refractivity contribution in [3.8, 4) is 0 Å². The number of hydrogen-bond donors (Lipinski definition) is 5. The minimum Gasteiger partial charge on any atom is -0.322 e. The minimum absolute atomic E-state index is 0.347. The zero-order valence-corrected chi connectivity index (χ0v) is 71.8. The number of para-hydroxylation sites is 5. The first-order valence-corrected chi connectivity index (χ1v) is 52.3. The minimum atomic E-state index is -0.532. The van der Waals surface area contributed by atoms with Crippen molar-refractivity contribution in [3.63, 3.8) is 0 Å². The van der Waals surface area contributed by atoms with Gasteiger partial charge in [0, 0.05) is 28.4 Å². The quantitative estimate of drug-likeness (QED) is 0.0493. The maximum absolute atomic E-state index is 13.0. The smallest absolute Gasteiger partial charge is 0.245 e. The molecule has 5 aromatic carbocycles. The summed E-state index contributed by atoms with van der Waals surface area (Å²) in [5, 5.41) is 16.1. The number of benzene rings is 5. The van der Waals surface area contributed by atoms with Gasteiger partial charge in [0.25, 0.3) is 0 Å². The molecule has 0 atom stereocenters. The average Bonchev–Trinajstić information content (AvgIpc) is 0.852. The molecule has 10 aliphatic rings. The summed E-state index contributed by atoms with van der Waals surface area (Å²) in [6, 6.07) is 50.1. The lowest BCUT2D eigenvalue weighted by Gasteiger charge is -2.37. The molecule has 0 saturated heterocycles. The molecule has 10 nitrogen and oxygen atoms in total. The first-order valence-electron chi connectivity index (χ1n) is 44.9. The second-order valence-electron chi connectivity index (χ2n) is 33.9. The molecule has 15 heteroatoms. The highest BCUT2D eigenvalue weighted by Gasteiger charge is 2.42. The van der Waals surface area contributed by atoms with E-state index in [0.717, 1.165) is 28.4 Å². The lowest BCUT2D eigenvalue weighted by Crippen LogP contribution is -2.26. The molecule has 0 aromatic heterocycles. The van der Waals surface area contributed by atoms with E-state index in [1.165, 1.54) is 321 Å². The molecule has 15 rings (SSSR count). The van der Waals surface area contributed by atoms with Gasteiger partial charge in [0.15, 0.2) is 0 Å². The van der Waals surface area contributed by atoms with Gasteiger partial charge in [-0.05, 0) is 285 Å². The highest BCUT2D eigenvalue weighted by atomic mass is 31.1. The van der Waals surface area contributed by atoms with E-state index in [1.807, 2.05) is 152 Å². The molecule has 110 heavy (non-hydrogen) atoms. The first-order chi connectivity index (χ1) is 54.2. The molecule has 0 unspecified atom stereocenters. The van der Waals surface area contributed by atoms with E-state index in [1.54, 1.807) is 0 Å². The van der Waals surface area contributed by atoms with Gasteiger partial charge in [-0.15, -0.1) is 0 Å². The Kier molecular flexibility index (Phi) is 38.9. The molecule has 0 heterocycles. The van der Waals surface area contributed by atoms with E-state index in [9.17, 15) is 24.0 Å². The van der Waals surface area contributed by atoms with Gasteiger partial charge in [-0.3, -0.25) is 24.0 Å². The second-order valence-corrected chi connectivity index (χ2v) is 47.3. The van der Waals surface area contributed by atoms with Crippen LogP contribution in [0.15, 0.2) is 152 Å². The second kappa shape index (κ2) is 49.5. The first kappa shape index (κ1) is 86.5. The fraction of sp³-hybridized carbons (Fsp3) is 0.632. The summed E-state index contributed by atoms with van der Waals surface area (Å²) in [5.74, 6) is 0. The van der Waals surface area contributed by atoms with Crippen molar-refractivity contribution >= 4 is 96.3 Å². The van der Waals surface area contributed by atoms with Crippen LogP contribution in [0.4, 0.5) is 52.4 Å². The van der Waals surface area contributed by atoms with Gasteiger partial charge in [0.1, 0.15) is 0 Å². The van der Waals surface area contributed by atoms with E-state index >= 15 is 0 Å². The monoisotopic (exact) mass is 1590 g/mol. The Bertz CT molecular complexity index is 2750. The summed E-state index contributed by atoms with van der Waals surface area (Å²) in [6.45, 7) is 0. The summed E-state index contributed by atoms with van der Waals surface area (Å²) in [4.78, 5) is 65.1. The van der Waals surface area contributed by atoms with Crippen LogP contribution in [-0.2, 0) is 0 Å². The van der Waals surface area contributed by atoms with Gasteiger partial charge >= 0.3 is 0 Å². The molecule has 600 valence electrons. The van der Waals surface area contributed by atoms with Gasteiger partial charge in [0.2, 0.25) is 28.2 Å². The van der Waals surface area contributed by atoms with E-state index in [-0.39, 0.29) is 0 Å². The van der Waals surface area contributed by atoms with Gasteiger partial charge in [-0.2, -0.15) is 0 Å². The zero-order chi connectivity index (χ0) is 76.0. The molecule has 10 saturated carbocycles. The molecule has 5 amide bonds. The van der Waals surface area contributed by atoms with Crippen LogP contribution in [0.25, 0.3) is 0 Å². The topological polar surface area (TPSA) is 146 Å². The summed E-state index contributed by atoms with van der Waals surface area (Å²) >= 11 is 0. The van der Waals surface area contributed by atoms with Crippen LogP contribution in [0.1, 0.15) is 321 Å². The average molecular weight is 1590 g/mol. The fourth-order valence-electron chi connectivity index (χ4n) is 20.3. The zero-order valence-electron chi connectivity index (χ0n) is 67.3. The number of amides is 5. The number of hydrogen-bond acceptors (Lipinski definition) is 5. The molecule has 0 aliphatic heterocycles. The molecule has 5 N–H and O–H groups in total. The number of carbonyl (C=O) groups excluding carboxylic acids is 5. The van der Waals surface area contributed by atoms with E-state index < -0.39 is 39.6 Å². The molecule has 10 aliphatic carbocycles. The van der Waals surface area contributed by atoms with Crippen LogP contribution in [0.5, 0.6) is 0 Å². The molecule has 0 radical (unpaired) electrons. The maximum atomic E-state index is 13.0. The number of carbonyl (C=O) groups is 5. The Balaban J connectivity index is 0.000000136.